The van der Waals surface area contributed by atoms with Crippen molar-refractivity contribution in [2.24, 2.45) is 0 Å². The first kappa shape index (κ1) is 17.6. The van der Waals surface area contributed by atoms with Crippen LogP contribution in [0, 0.1) is 10.1 Å². The Morgan fingerprint density at radius 2 is 2.00 bits per heavy atom. The van der Waals surface area contributed by atoms with Crippen LogP contribution in [-0.4, -0.2) is 32.6 Å². The molecule has 0 unspecified atom stereocenters. The van der Waals surface area contributed by atoms with Gasteiger partial charge in [-0.05, 0) is 24.3 Å². The van der Waals surface area contributed by atoms with Gasteiger partial charge in [0.15, 0.2) is 0 Å². The minimum atomic E-state index is -0.611. The molecule has 3 aromatic rings. The molecule has 0 N–H and O–H groups in total. The van der Waals surface area contributed by atoms with Crippen molar-refractivity contribution in [3.63, 3.8) is 0 Å². The van der Waals surface area contributed by atoms with Crippen LogP contribution in [0.4, 0.5) is 5.69 Å². The Morgan fingerprint density at radius 1 is 1.27 bits per heavy atom. The summed E-state index contributed by atoms with van der Waals surface area (Å²) in [7, 11) is 1.58. The maximum Gasteiger partial charge on any atom is 0.283 e. The molecule has 0 aliphatic heterocycles. The van der Waals surface area contributed by atoms with Crippen LogP contribution >= 0.6 is 11.6 Å². The van der Waals surface area contributed by atoms with Crippen molar-refractivity contribution < 1.29 is 9.72 Å². The SMILES string of the molecule is CN(Cc1cnn(-c2ccccc2)c1)C(=O)c1ccc(Cl)cc1[N+](=O)[O-]. The second-order valence-electron chi connectivity index (χ2n) is 5.71. The molecule has 1 aromatic heterocycles. The molecule has 0 saturated carbocycles. The zero-order valence-electron chi connectivity index (χ0n) is 13.9. The van der Waals surface area contributed by atoms with Gasteiger partial charge in [0.1, 0.15) is 5.56 Å². The van der Waals surface area contributed by atoms with Crippen LogP contribution in [0.25, 0.3) is 5.69 Å². The van der Waals surface area contributed by atoms with Crippen molar-refractivity contribution in [3.8, 4) is 5.69 Å². The molecule has 26 heavy (non-hydrogen) atoms. The normalized spacial score (nSPS) is 10.5. The molecule has 0 bridgehead atoms. The first-order chi connectivity index (χ1) is 12.5. The number of hydrogen-bond acceptors (Lipinski definition) is 4. The van der Waals surface area contributed by atoms with E-state index in [1.807, 2.05) is 36.5 Å². The second kappa shape index (κ2) is 7.37. The fraction of sp³-hybridized carbons (Fsp3) is 0.111. The van der Waals surface area contributed by atoms with E-state index in [2.05, 4.69) is 5.10 Å². The Kier molecular flexibility index (Phi) is 4.99. The highest BCUT2D eigenvalue weighted by molar-refractivity contribution is 6.31. The van der Waals surface area contributed by atoms with Crippen LogP contribution in [-0.2, 0) is 6.54 Å². The van der Waals surface area contributed by atoms with Crippen LogP contribution < -0.4 is 0 Å². The number of rotatable bonds is 5. The average Bonchev–Trinajstić information content (AvgIpc) is 3.10. The second-order valence-corrected chi connectivity index (χ2v) is 6.14. The van der Waals surface area contributed by atoms with Crippen molar-refractivity contribution in [1.29, 1.82) is 0 Å². The van der Waals surface area contributed by atoms with Crippen LogP contribution in [0.5, 0.6) is 0 Å². The molecule has 0 radical (unpaired) electrons. The number of carbonyl (C=O) groups excluding carboxylic acids is 1. The van der Waals surface area contributed by atoms with Gasteiger partial charge in [-0.3, -0.25) is 14.9 Å². The number of carbonyl (C=O) groups is 1. The van der Waals surface area contributed by atoms with Crippen LogP contribution in [0.1, 0.15) is 15.9 Å². The number of nitro benzene ring substituents is 1. The summed E-state index contributed by atoms with van der Waals surface area (Å²) < 4.78 is 1.71. The summed E-state index contributed by atoms with van der Waals surface area (Å²) in [5.41, 5.74) is 1.40. The van der Waals surface area contributed by atoms with Gasteiger partial charge in [0.05, 0.1) is 16.8 Å². The molecule has 132 valence electrons. The lowest BCUT2D eigenvalue weighted by atomic mass is 10.1. The molecular formula is C18H15ClN4O3. The van der Waals surface area contributed by atoms with E-state index in [1.165, 1.54) is 23.1 Å². The topological polar surface area (TPSA) is 81.3 Å². The number of aromatic nitrogens is 2. The molecule has 0 aliphatic carbocycles. The van der Waals surface area contributed by atoms with E-state index in [0.29, 0.717) is 0 Å². The Balaban J connectivity index is 1.79. The fourth-order valence-electron chi connectivity index (χ4n) is 2.55. The van der Waals surface area contributed by atoms with E-state index in [0.717, 1.165) is 11.3 Å². The van der Waals surface area contributed by atoms with Gasteiger partial charge in [0.2, 0.25) is 0 Å². The summed E-state index contributed by atoms with van der Waals surface area (Å²) in [6, 6.07) is 13.6. The average molecular weight is 371 g/mol. The molecule has 7 nitrogen and oxygen atoms in total. The molecule has 8 heteroatoms. The van der Waals surface area contributed by atoms with Crippen molar-refractivity contribution in [3.05, 3.63) is 87.2 Å². The van der Waals surface area contributed by atoms with Gasteiger partial charge in [-0.15, -0.1) is 0 Å². The summed E-state index contributed by atoms with van der Waals surface area (Å²) in [6.45, 7) is 0.269. The van der Waals surface area contributed by atoms with E-state index in [-0.39, 0.29) is 22.8 Å². The van der Waals surface area contributed by atoms with Gasteiger partial charge >= 0.3 is 0 Å². The zero-order chi connectivity index (χ0) is 18.7. The van der Waals surface area contributed by atoms with E-state index >= 15 is 0 Å². The molecule has 0 saturated heterocycles. The van der Waals surface area contributed by atoms with Crippen LogP contribution in [0.2, 0.25) is 5.02 Å². The number of amides is 1. The molecule has 1 heterocycles. The third-order valence-corrected chi connectivity index (χ3v) is 4.05. The number of halogens is 1. The lowest BCUT2D eigenvalue weighted by molar-refractivity contribution is -0.385. The fourth-order valence-corrected chi connectivity index (χ4v) is 2.72. The van der Waals surface area contributed by atoms with Gasteiger partial charge in [-0.1, -0.05) is 29.8 Å². The predicted molar refractivity (Wildman–Crippen MR) is 97.5 cm³/mol. The van der Waals surface area contributed by atoms with E-state index in [9.17, 15) is 14.9 Å². The first-order valence-corrected chi connectivity index (χ1v) is 8.12. The lowest BCUT2D eigenvalue weighted by Gasteiger charge is -2.16. The lowest BCUT2D eigenvalue weighted by Crippen LogP contribution is -2.26. The van der Waals surface area contributed by atoms with E-state index in [1.54, 1.807) is 17.9 Å². The summed E-state index contributed by atoms with van der Waals surface area (Å²) in [5.74, 6) is -0.458. The highest BCUT2D eigenvalue weighted by Gasteiger charge is 2.23. The van der Waals surface area contributed by atoms with Gasteiger partial charge in [0.25, 0.3) is 11.6 Å². The van der Waals surface area contributed by atoms with Crippen molar-refractivity contribution in [1.82, 2.24) is 14.7 Å². The first-order valence-electron chi connectivity index (χ1n) is 7.74. The molecule has 0 fully saturated rings. The maximum atomic E-state index is 12.6. The molecule has 0 aliphatic rings. The molecule has 0 atom stereocenters. The predicted octanol–water partition coefficient (Wildman–Crippen LogP) is 3.71. The van der Waals surface area contributed by atoms with Gasteiger partial charge in [-0.25, -0.2) is 4.68 Å². The third kappa shape index (κ3) is 3.73. The van der Waals surface area contributed by atoms with E-state index in [4.69, 9.17) is 11.6 Å². The standard InChI is InChI=1S/C18H15ClN4O3/c1-21(18(24)16-8-7-14(19)9-17(16)23(25)26)11-13-10-20-22(12-13)15-5-3-2-4-6-15/h2-10,12H,11H2,1H3. The van der Waals surface area contributed by atoms with Crippen LogP contribution in [0.15, 0.2) is 60.9 Å². The van der Waals surface area contributed by atoms with Crippen molar-refractivity contribution >= 4 is 23.2 Å². The number of nitrogens with zero attached hydrogens (tertiary/aromatic N) is 4. The largest absolute Gasteiger partial charge is 0.337 e. The molecule has 1 amide bonds. The van der Waals surface area contributed by atoms with E-state index < -0.39 is 10.8 Å². The number of benzene rings is 2. The minimum absolute atomic E-state index is 0.00245. The molecular weight excluding hydrogens is 356 g/mol. The third-order valence-electron chi connectivity index (χ3n) is 3.81. The Labute approximate surface area is 154 Å². The van der Waals surface area contributed by atoms with Crippen molar-refractivity contribution in [2.45, 2.75) is 6.54 Å². The Morgan fingerprint density at radius 3 is 2.69 bits per heavy atom. The van der Waals surface area contributed by atoms with Gasteiger partial charge < -0.3 is 4.90 Å². The smallest absolute Gasteiger partial charge is 0.283 e. The van der Waals surface area contributed by atoms with Crippen LogP contribution in [0.3, 0.4) is 0 Å². The summed E-state index contributed by atoms with van der Waals surface area (Å²) in [4.78, 5) is 24.6. The number of hydrogen-bond donors (Lipinski definition) is 0. The highest BCUT2D eigenvalue weighted by Crippen LogP contribution is 2.24. The van der Waals surface area contributed by atoms with Gasteiger partial charge in [-0.2, -0.15) is 5.10 Å². The monoisotopic (exact) mass is 370 g/mol. The minimum Gasteiger partial charge on any atom is -0.337 e. The summed E-state index contributed by atoms with van der Waals surface area (Å²) >= 11 is 5.80. The van der Waals surface area contributed by atoms with Gasteiger partial charge in [0, 0.05) is 36.4 Å². The zero-order valence-corrected chi connectivity index (χ0v) is 14.6. The van der Waals surface area contributed by atoms with Crippen molar-refractivity contribution in [2.75, 3.05) is 7.05 Å². The number of nitro groups is 1. The molecule has 2 aromatic carbocycles. The summed E-state index contributed by atoms with van der Waals surface area (Å²) in [6.07, 6.45) is 3.47. The molecule has 3 rings (SSSR count). The maximum absolute atomic E-state index is 12.6. The highest BCUT2D eigenvalue weighted by atomic mass is 35.5. The Hall–Kier alpha value is -3.19. The summed E-state index contributed by atoms with van der Waals surface area (Å²) in [5, 5.41) is 15.7. The Bertz CT molecular complexity index is 956. The number of para-hydroxylation sites is 1. The quantitative estimate of drug-likeness (QED) is 0.506. The molecule has 0 spiro atoms.